The van der Waals surface area contributed by atoms with E-state index in [-0.39, 0.29) is 17.7 Å². The number of amides is 3. The first-order valence-electron chi connectivity index (χ1n) is 10.2. The zero-order chi connectivity index (χ0) is 22.7. The van der Waals surface area contributed by atoms with Crippen molar-refractivity contribution in [3.8, 4) is 0 Å². The number of hydrogen-bond donors (Lipinski definition) is 2. The Kier molecular flexibility index (Phi) is 7.65. The van der Waals surface area contributed by atoms with Crippen molar-refractivity contribution in [1.82, 2.24) is 19.8 Å². The Morgan fingerprint density at radius 3 is 2.03 bits per heavy atom. The van der Waals surface area contributed by atoms with Crippen molar-refractivity contribution < 1.29 is 18.0 Å². The van der Waals surface area contributed by atoms with Crippen LogP contribution in [0.1, 0.15) is 43.9 Å². The van der Waals surface area contributed by atoms with Gasteiger partial charge in [-0.2, -0.15) is 4.31 Å². The van der Waals surface area contributed by atoms with Crippen molar-refractivity contribution in [2.45, 2.75) is 51.3 Å². The van der Waals surface area contributed by atoms with E-state index in [1.807, 2.05) is 30.9 Å². The van der Waals surface area contributed by atoms with Crippen molar-refractivity contribution in [2.75, 3.05) is 39.8 Å². The summed E-state index contributed by atoms with van der Waals surface area (Å²) in [6.45, 7) is 12.4. The zero-order valence-electron chi connectivity index (χ0n) is 18.8. The molecule has 0 aromatic heterocycles. The third-order valence-corrected chi connectivity index (χ3v) is 7.60. The van der Waals surface area contributed by atoms with Crippen LogP contribution in [0.3, 0.4) is 0 Å². The number of carbonyl (C=O) groups excluding carboxylic acids is 2. The summed E-state index contributed by atoms with van der Waals surface area (Å²) in [7, 11) is -2.14. The number of aryl methyl sites for hydroxylation is 2. The first kappa shape index (κ1) is 24.3. The van der Waals surface area contributed by atoms with Crippen molar-refractivity contribution >= 4 is 22.0 Å². The van der Waals surface area contributed by atoms with Crippen LogP contribution in [0.25, 0.3) is 0 Å². The van der Waals surface area contributed by atoms with Crippen LogP contribution in [0.5, 0.6) is 0 Å². The van der Waals surface area contributed by atoms with Gasteiger partial charge in [-0.1, -0.05) is 32.9 Å². The molecule has 9 heteroatoms. The highest BCUT2D eigenvalue weighted by molar-refractivity contribution is 7.89. The third-order valence-electron chi connectivity index (χ3n) is 5.39. The van der Waals surface area contributed by atoms with E-state index in [1.54, 1.807) is 0 Å². The molecule has 1 aromatic carbocycles. The molecule has 168 valence electrons. The molecule has 30 heavy (non-hydrogen) atoms. The molecular weight excluding hydrogens is 404 g/mol. The Bertz CT molecular complexity index is 875. The fourth-order valence-corrected chi connectivity index (χ4v) is 5.46. The molecule has 0 bridgehead atoms. The third kappa shape index (κ3) is 5.80. The number of nitrogens with zero attached hydrogens (tertiary/aromatic N) is 2. The minimum absolute atomic E-state index is 0.0481. The fraction of sp³-hybridized carbons (Fsp3) is 0.619. The fourth-order valence-electron chi connectivity index (χ4n) is 3.62. The maximum Gasteiger partial charge on any atom is 0.321 e. The highest BCUT2D eigenvalue weighted by atomic mass is 32.2. The van der Waals surface area contributed by atoms with Gasteiger partial charge < -0.3 is 10.2 Å². The Labute approximate surface area is 180 Å². The van der Waals surface area contributed by atoms with E-state index in [0.29, 0.717) is 37.6 Å². The highest BCUT2D eigenvalue weighted by Gasteiger charge is 2.31. The lowest BCUT2D eigenvalue weighted by atomic mass is 9.85. The molecule has 1 heterocycles. The summed E-state index contributed by atoms with van der Waals surface area (Å²) in [5.74, 6) is -0.352. The average molecular weight is 439 g/mol. The number of nitrogens with one attached hydrogen (secondary N) is 2. The normalized spacial score (nSPS) is 16.3. The number of imide groups is 1. The van der Waals surface area contributed by atoms with Crippen LogP contribution in [0, 0.1) is 13.8 Å². The first-order chi connectivity index (χ1) is 13.9. The summed E-state index contributed by atoms with van der Waals surface area (Å²) >= 11 is 0. The van der Waals surface area contributed by atoms with E-state index in [9.17, 15) is 18.0 Å². The van der Waals surface area contributed by atoms with E-state index in [0.717, 1.165) is 16.7 Å². The van der Waals surface area contributed by atoms with Crippen molar-refractivity contribution in [3.63, 3.8) is 0 Å². The minimum Gasteiger partial charge on any atom is -0.341 e. The van der Waals surface area contributed by atoms with Gasteiger partial charge in [-0.05, 0) is 36.0 Å². The Morgan fingerprint density at radius 1 is 1.03 bits per heavy atom. The summed E-state index contributed by atoms with van der Waals surface area (Å²) in [4.78, 5) is 25.3. The SMILES string of the molecule is CNC(=O)NC(=O)CCN1CCN(S(=O)(=O)c2c(C)cc(C(C)(C)C)cc2C)CC1. The largest absolute Gasteiger partial charge is 0.341 e. The number of sulfonamides is 1. The summed E-state index contributed by atoms with van der Waals surface area (Å²) in [6.07, 6.45) is 0.187. The van der Waals surface area contributed by atoms with Crippen LogP contribution < -0.4 is 10.6 Å². The molecule has 0 radical (unpaired) electrons. The standard InChI is InChI=1S/C21H34N4O4S/c1-15-13-17(21(3,4)5)14-16(2)19(15)30(28,29)25-11-9-24(10-12-25)8-7-18(26)23-20(27)22-6/h13-14H,7-12H2,1-6H3,(H2,22,23,26,27). The molecule has 0 atom stereocenters. The van der Waals surface area contributed by atoms with Crippen LogP contribution in [-0.2, 0) is 20.2 Å². The van der Waals surface area contributed by atoms with E-state index >= 15 is 0 Å². The van der Waals surface area contributed by atoms with Crippen LogP contribution in [-0.4, -0.2) is 69.3 Å². The molecular formula is C21H34N4O4S. The Balaban J connectivity index is 2.03. The molecule has 2 rings (SSSR count). The molecule has 8 nitrogen and oxygen atoms in total. The molecule has 0 aliphatic carbocycles. The lowest BCUT2D eigenvalue weighted by molar-refractivity contribution is -0.120. The zero-order valence-corrected chi connectivity index (χ0v) is 19.6. The number of carbonyl (C=O) groups is 2. The van der Waals surface area contributed by atoms with Gasteiger partial charge in [0.25, 0.3) is 0 Å². The van der Waals surface area contributed by atoms with E-state index in [2.05, 4.69) is 31.4 Å². The van der Waals surface area contributed by atoms with Crippen LogP contribution >= 0.6 is 0 Å². The smallest absolute Gasteiger partial charge is 0.321 e. The quantitative estimate of drug-likeness (QED) is 0.730. The topological polar surface area (TPSA) is 98.8 Å². The number of benzene rings is 1. The number of piperazine rings is 1. The van der Waals surface area contributed by atoms with Gasteiger partial charge >= 0.3 is 6.03 Å². The molecule has 2 N–H and O–H groups in total. The summed E-state index contributed by atoms with van der Waals surface area (Å²) in [5.41, 5.74) is 2.62. The molecule has 0 spiro atoms. The highest BCUT2D eigenvalue weighted by Crippen LogP contribution is 2.31. The lowest BCUT2D eigenvalue weighted by Gasteiger charge is -2.34. The van der Waals surface area contributed by atoms with E-state index in [1.165, 1.54) is 11.4 Å². The van der Waals surface area contributed by atoms with Gasteiger partial charge in [0, 0.05) is 46.2 Å². The molecule has 3 amide bonds. The predicted octanol–water partition coefficient (Wildman–Crippen LogP) is 1.75. The monoisotopic (exact) mass is 438 g/mol. The second kappa shape index (κ2) is 9.45. The summed E-state index contributed by atoms with van der Waals surface area (Å²) < 4.78 is 28.2. The molecule has 1 fully saturated rings. The van der Waals surface area contributed by atoms with Gasteiger partial charge in [-0.3, -0.25) is 10.1 Å². The number of hydrogen-bond acceptors (Lipinski definition) is 5. The average Bonchev–Trinajstić information content (AvgIpc) is 2.65. The lowest BCUT2D eigenvalue weighted by Crippen LogP contribution is -2.49. The predicted molar refractivity (Wildman–Crippen MR) is 117 cm³/mol. The summed E-state index contributed by atoms with van der Waals surface area (Å²) in [5, 5.41) is 4.56. The number of rotatable bonds is 5. The molecule has 1 aromatic rings. The molecule has 0 saturated carbocycles. The van der Waals surface area contributed by atoms with Crippen LogP contribution in [0.4, 0.5) is 4.79 Å². The maximum atomic E-state index is 13.3. The molecule has 1 aliphatic heterocycles. The van der Waals surface area contributed by atoms with Gasteiger partial charge in [0.2, 0.25) is 15.9 Å². The molecule has 1 aliphatic rings. The Morgan fingerprint density at radius 2 is 1.57 bits per heavy atom. The maximum absolute atomic E-state index is 13.3. The van der Waals surface area contributed by atoms with Crippen molar-refractivity contribution in [2.24, 2.45) is 0 Å². The van der Waals surface area contributed by atoms with Gasteiger partial charge in [0.1, 0.15) is 0 Å². The second-order valence-electron chi connectivity index (χ2n) is 8.81. The second-order valence-corrected chi connectivity index (χ2v) is 10.7. The minimum atomic E-state index is -3.59. The van der Waals surface area contributed by atoms with Gasteiger partial charge in [0.05, 0.1) is 4.90 Å². The molecule has 1 saturated heterocycles. The van der Waals surface area contributed by atoms with Gasteiger partial charge in [-0.15, -0.1) is 0 Å². The Hall–Kier alpha value is -1.97. The van der Waals surface area contributed by atoms with Crippen LogP contribution in [0.2, 0.25) is 0 Å². The summed E-state index contributed by atoms with van der Waals surface area (Å²) in [6, 6.07) is 3.42. The molecule has 0 unspecified atom stereocenters. The van der Waals surface area contributed by atoms with Crippen molar-refractivity contribution in [1.29, 1.82) is 0 Å². The van der Waals surface area contributed by atoms with Gasteiger partial charge in [-0.25, -0.2) is 13.2 Å². The van der Waals surface area contributed by atoms with E-state index in [4.69, 9.17) is 0 Å². The van der Waals surface area contributed by atoms with E-state index < -0.39 is 16.1 Å². The number of urea groups is 1. The van der Waals surface area contributed by atoms with Crippen LogP contribution in [0.15, 0.2) is 17.0 Å². The van der Waals surface area contributed by atoms with Gasteiger partial charge in [0.15, 0.2) is 0 Å². The van der Waals surface area contributed by atoms with Crippen molar-refractivity contribution in [3.05, 3.63) is 28.8 Å². The first-order valence-corrected chi connectivity index (χ1v) is 11.7.